The van der Waals surface area contributed by atoms with Crippen LogP contribution in [0.15, 0.2) is 64.2 Å². The molecule has 28 heavy (non-hydrogen) atoms. The topological polar surface area (TPSA) is 101 Å². The highest BCUT2D eigenvalue weighted by Crippen LogP contribution is 2.25. The van der Waals surface area contributed by atoms with E-state index in [1.54, 1.807) is 6.07 Å². The Morgan fingerprint density at radius 1 is 1.11 bits per heavy atom. The lowest BCUT2D eigenvalue weighted by Crippen LogP contribution is -2.35. The largest absolute Gasteiger partial charge is 0.451 e. The van der Waals surface area contributed by atoms with Crippen LogP contribution in [0.25, 0.3) is 11.3 Å². The van der Waals surface area contributed by atoms with Crippen LogP contribution in [0, 0.1) is 6.92 Å². The second-order valence-electron chi connectivity index (χ2n) is 7.08. The van der Waals surface area contributed by atoms with Crippen molar-refractivity contribution in [3.05, 3.63) is 82.6 Å². The molecule has 1 amide bonds. The summed E-state index contributed by atoms with van der Waals surface area (Å²) in [5, 5.41) is 14.9. The molecule has 1 aromatic heterocycles. The SMILES string of the molecule is Cc1ccc(-c2ccc(C(=O)NC3Cc4ccc(C(N)=NO)cc4C3)o2)cc1. The first kappa shape index (κ1) is 17.9. The number of nitrogens with one attached hydrogen (secondary N) is 1. The molecule has 6 heteroatoms. The van der Waals surface area contributed by atoms with Gasteiger partial charge in [0.25, 0.3) is 5.91 Å². The Hall–Kier alpha value is -3.54. The number of oxime groups is 1. The van der Waals surface area contributed by atoms with Crippen LogP contribution in [0.4, 0.5) is 0 Å². The van der Waals surface area contributed by atoms with Gasteiger partial charge in [0.2, 0.25) is 0 Å². The minimum atomic E-state index is -0.229. The van der Waals surface area contributed by atoms with Gasteiger partial charge in [-0.05, 0) is 49.1 Å². The predicted octanol–water partition coefficient (Wildman–Crippen LogP) is 3.25. The molecule has 0 spiro atoms. The molecule has 1 atom stereocenters. The van der Waals surface area contributed by atoms with E-state index in [1.165, 1.54) is 5.56 Å². The van der Waals surface area contributed by atoms with Gasteiger partial charge >= 0.3 is 0 Å². The second kappa shape index (κ2) is 7.23. The number of aryl methyl sites for hydroxylation is 1. The third kappa shape index (κ3) is 3.49. The number of hydrogen-bond acceptors (Lipinski definition) is 4. The van der Waals surface area contributed by atoms with E-state index in [9.17, 15) is 4.79 Å². The van der Waals surface area contributed by atoms with Gasteiger partial charge in [-0.1, -0.05) is 47.1 Å². The molecule has 0 saturated carbocycles. The summed E-state index contributed by atoms with van der Waals surface area (Å²) in [7, 11) is 0. The van der Waals surface area contributed by atoms with Crippen LogP contribution in [-0.2, 0) is 12.8 Å². The number of carbonyl (C=O) groups excluding carboxylic acids is 1. The lowest BCUT2D eigenvalue weighted by Gasteiger charge is -2.10. The van der Waals surface area contributed by atoms with Gasteiger partial charge in [0.05, 0.1) is 0 Å². The van der Waals surface area contributed by atoms with Gasteiger partial charge in [0, 0.05) is 17.2 Å². The van der Waals surface area contributed by atoms with Gasteiger partial charge in [-0.3, -0.25) is 4.79 Å². The first-order valence-corrected chi connectivity index (χ1v) is 9.11. The summed E-state index contributed by atoms with van der Waals surface area (Å²) in [6, 6.07) is 17.1. The molecule has 6 nitrogen and oxygen atoms in total. The lowest BCUT2D eigenvalue weighted by atomic mass is 10.1. The normalized spacial score (nSPS) is 16.0. The fourth-order valence-electron chi connectivity index (χ4n) is 3.53. The van der Waals surface area contributed by atoms with Gasteiger partial charge < -0.3 is 20.7 Å². The Balaban J connectivity index is 1.44. The number of benzene rings is 2. The molecule has 0 radical (unpaired) electrons. The molecular weight excluding hydrogens is 354 g/mol. The van der Waals surface area contributed by atoms with Crippen LogP contribution in [0.3, 0.4) is 0 Å². The van der Waals surface area contributed by atoms with Crippen LogP contribution in [0.5, 0.6) is 0 Å². The zero-order chi connectivity index (χ0) is 19.7. The molecule has 0 fully saturated rings. The lowest BCUT2D eigenvalue weighted by molar-refractivity contribution is 0.0911. The fourth-order valence-corrected chi connectivity index (χ4v) is 3.53. The van der Waals surface area contributed by atoms with Gasteiger partial charge in [0.1, 0.15) is 5.76 Å². The van der Waals surface area contributed by atoms with Crippen molar-refractivity contribution >= 4 is 11.7 Å². The molecule has 0 aliphatic heterocycles. The van der Waals surface area contributed by atoms with E-state index in [-0.39, 0.29) is 17.8 Å². The van der Waals surface area contributed by atoms with E-state index >= 15 is 0 Å². The average Bonchev–Trinajstić information content (AvgIpc) is 3.34. The molecule has 3 aromatic rings. The van der Waals surface area contributed by atoms with Crippen LogP contribution in [0.2, 0.25) is 0 Å². The van der Waals surface area contributed by atoms with Crippen molar-refractivity contribution in [1.82, 2.24) is 5.32 Å². The quantitative estimate of drug-likeness (QED) is 0.282. The molecule has 0 saturated heterocycles. The number of furan rings is 1. The highest BCUT2D eigenvalue weighted by Gasteiger charge is 2.25. The molecule has 1 aliphatic rings. The first-order chi connectivity index (χ1) is 13.5. The van der Waals surface area contributed by atoms with E-state index in [4.69, 9.17) is 15.4 Å². The maximum atomic E-state index is 12.6. The number of fused-ring (bicyclic) bond motifs is 1. The number of rotatable bonds is 4. The highest BCUT2D eigenvalue weighted by molar-refractivity contribution is 5.97. The molecule has 1 unspecified atom stereocenters. The molecule has 4 rings (SSSR count). The third-order valence-corrected chi connectivity index (χ3v) is 5.04. The zero-order valence-electron chi connectivity index (χ0n) is 15.5. The minimum Gasteiger partial charge on any atom is -0.451 e. The Labute approximate surface area is 162 Å². The standard InChI is InChI=1S/C22H21N3O3/c1-13-2-4-14(5-3-13)19-8-9-20(28-19)22(26)24-18-11-15-6-7-16(21(23)25-27)10-17(15)12-18/h2-10,18,27H,11-12H2,1H3,(H2,23,25)(H,24,26). The van der Waals surface area contributed by atoms with Crippen molar-refractivity contribution in [3.8, 4) is 11.3 Å². The van der Waals surface area contributed by atoms with Crippen molar-refractivity contribution in [3.63, 3.8) is 0 Å². The molecule has 4 N–H and O–H groups in total. The highest BCUT2D eigenvalue weighted by atomic mass is 16.4. The summed E-state index contributed by atoms with van der Waals surface area (Å²) in [6.45, 7) is 2.03. The van der Waals surface area contributed by atoms with Crippen molar-refractivity contribution in [2.45, 2.75) is 25.8 Å². The Kier molecular flexibility index (Phi) is 4.61. The zero-order valence-corrected chi connectivity index (χ0v) is 15.5. The van der Waals surface area contributed by atoms with Crippen LogP contribution in [-0.4, -0.2) is 23.0 Å². The summed E-state index contributed by atoms with van der Waals surface area (Å²) in [5.74, 6) is 0.814. The summed E-state index contributed by atoms with van der Waals surface area (Å²) in [6.07, 6.45) is 1.43. The van der Waals surface area contributed by atoms with Crippen molar-refractivity contribution < 1.29 is 14.4 Å². The monoisotopic (exact) mass is 375 g/mol. The Morgan fingerprint density at radius 3 is 2.61 bits per heavy atom. The number of nitrogens with zero attached hydrogens (tertiary/aromatic N) is 1. The van der Waals surface area contributed by atoms with Crippen LogP contribution >= 0.6 is 0 Å². The molecule has 1 heterocycles. The number of amides is 1. The third-order valence-electron chi connectivity index (χ3n) is 5.04. The Bertz CT molecular complexity index is 1050. The number of carbonyl (C=O) groups is 1. The Morgan fingerprint density at radius 2 is 1.86 bits per heavy atom. The van der Waals surface area contributed by atoms with E-state index in [0.717, 1.165) is 23.1 Å². The average molecular weight is 375 g/mol. The van der Waals surface area contributed by atoms with E-state index < -0.39 is 0 Å². The molecule has 1 aliphatic carbocycles. The maximum Gasteiger partial charge on any atom is 0.287 e. The summed E-state index contributed by atoms with van der Waals surface area (Å²) in [4.78, 5) is 12.6. The van der Waals surface area contributed by atoms with Crippen molar-refractivity contribution in [2.75, 3.05) is 0 Å². The van der Waals surface area contributed by atoms with E-state index in [1.807, 2.05) is 55.5 Å². The molecule has 0 bridgehead atoms. The van der Waals surface area contributed by atoms with E-state index in [0.29, 0.717) is 23.5 Å². The van der Waals surface area contributed by atoms with Gasteiger partial charge in [-0.15, -0.1) is 0 Å². The molecular formula is C22H21N3O3. The summed E-state index contributed by atoms with van der Waals surface area (Å²) in [5.41, 5.74) is 10.7. The number of hydrogen-bond donors (Lipinski definition) is 3. The predicted molar refractivity (Wildman–Crippen MR) is 106 cm³/mol. The summed E-state index contributed by atoms with van der Waals surface area (Å²) >= 11 is 0. The fraction of sp³-hybridized carbons (Fsp3) is 0.182. The number of amidine groups is 1. The van der Waals surface area contributed by atoms with Gasteiger partial charge in [-0.2, -0.15) is 0 Å². The summed E-state index contributed by atoms with van der Waals surface area (Å²) < 4.78 is 5.75. The van der Waals surface area contributed by atoms with Gasteiger partial charge in [0.15, 0.2) is 11.6 Å². The molecule has 142 valence electrons. The minimum absolute atomic E-state index is 0.0158. The second-order valence-corrected chi connectivity index (χ2v) is 7.08. The molecule has 2 aromatic carbocycles. The van der Waals surface area contributed by atoms with Crippen molar-refractivity contribution in [2.24, 2.45) is 10.9 Å². The van der Waals surface area contributed by atoms with Crippen LogP contribution < -0.4 is 11.1 Å². The van der Waals surface area contributed by atoms with Crippen molar-refractivity contribution in [1.29, 1.82) is 0 Å². The number of nitrogens with two attached hydrogens (primary N) is 1. The van der Waals surface area contributed by atoms with E-state index in [2.05, 4.69) is 10.5 Å². The maximum absolute atomic E-state index is 12.6. The first-order valence-electron chi connectivity index (χ1n) is 9.11. The van der Waals surface area contributed by atoms with Crippen LogP contribution in [0.1, 0.15) is 32.8 Å². The van der Waals surface area contributed by atoms with Gasteiger partial charge in [-0.25, -0.2) is 0 Å². The smallest absolute Gasteiger partial charge is 0.287 e.